The Hall–Kier alpha value is -5.48. The molecule has 0 heterocycles. The van der Waals surface area contributed by atoms with Crippen LogP contribution in [0.4, 0.5) is 0 Å². The van der Waals surface area contributed by atoms with E-state index in [1.54, 1.807) is 0 Å². The quantitative estimate of drug-likeness (QED) is 0.00743. The van der Waals surface area contributed by atoms with Gasteiger partial charge in [-0.05, 0) is 131 Å². The summed E-state index contributed by atoms with van der Waals surface area (Å²) in [7, 11) is -1.38. The number of aldehydes is 2. The fourth-order valence-electron chi connectivity index (χ4n) is 8.58. The second-order valence-electron chi connectivity index (χ2n) is 24.8. The van der Waals surface area contributed by atoms with Crippen molar-refractivity contribution in [1.29, 1.82) is 0 Å². The number of amides is 7. The molecule has 29 heteroatoms. The average Bonchev–Trinajstić information content (AvgIpc) is 0.877. The van der Waals surface area contributed by atoms with Gasteiger partial charge in [-0.15, -0.1) is 47.2 Å². The molecular weight excluding hydrogens is 1400 g/mol. The number of alkyl halides is 3. The Kier molecular flexibility index (Phi) is 87.1. The Balaban J connectivity index is -0.000000199. The van der Waals surface area contributed by atoms with Crippen LogP contribution in [0.1, 0.15) is 167 Å². The monoisotopic (exact) mass is 1540 g/mol. The van der Waals surface area contributed by atoms with Crippen molar-refractivity contribution in [2.45, 2.75) is 211 Å². The minimum atomic E-state index is -1.38. The van der Waals surface area contributed by atoms with Crippen LogP contribution in [0.25, 0.3) is 0 Å². The van der Waals surface area contributed by atoms with E-state index in [1.165, 1.54) is 24.3 Å². The number of nitrogens with two attached hydrogens (primary N) is 3. The first-order valence-corrected chi connectivity index (χ1v) is 38.4. The molecule has 0 fully saturated rings. The van der Waals surface area contributed by atoms with E-state index in [4.69, 9.17) is 74.4 Å². The van der Waals surface area contributed by atoms with Gasteiger partial charge in [0.05, 0.1) is 26.4 Å². The van der Waals surface area contributed by atoms with Crippen molar-refractivity contribution >= 4 is 128 Å². The van der Waals surface area contributed by atoms with E-state index in [0.717, 1.165) is 18.8 Å². The number of carbonyl (C=O) groups excluding carboxylic acids is 12. The lowest BCUT2D eigenvalue weighted by molar-refractivity contribution is -0.145. The lowest BCUT2D eigenvalue weighted by atomic mass is 9.79. The van der Waals surface area contributed by atoms with Crippen LogP contribution in [-0.2, 0) is 80.9 Å². The fourth-order valence-corrected chi connectivity index (χ4v) is 9.78. The predicted octanol–water partition coefficient (Wildman–Crippen LogP) is 10.8. The van der Waals surface area contributed by atoms with Crippen molar-refractivity contribution in [2.75, 3.05) is 63.8 Å². The Labute approximate surface area is 629 Å². The summed E-state index contributed by atoms with van der Waals surface area (Å²) in [5, 5.41) is 11.4. The van der Waals surface area contributed by atoms with Crippen molar-refractivity contribution in [1.82, 2.24) is 21.3 Å². The van der Waals surface area contributed by atoms with Crippen molar-refractivity contribution in [3.8, 4) is 0 Å². The molecule has 7 unspecified atom stereocenters. The maximum Gasteiger partial charge on any atom is 0.240 e. The number of nitrogens with one attached hydrogen (secondary N) is 4. The highest BCUT2D eigenvalue weighted by Crippen LogP contribution is 2.28. The molecule has 0 radical (unpaired) electrons. The third kappa shape index (κ3) is 78.5. The van der Waals surface area contributed by atoms with E-state index in [9.17, 15) is 52.7 Å². The largest absolute Gasteiger partial charge is 0.418 e. The first kappa shape index (κ1) is 114. The topological polar surface area (TPSA) is 377 Å². The Morgan fingerprint density at radius 2 is 0.891 bits per heavy atom. The van der Waals surface area contributed by atoms with Gasteiger partial charge in [0.1, 0.15) is 12.6 Å². The summed E-state index contributed by atoms with van der Waals surface area (Å²) in [6.07, 6.45) is 15.2. The molecule has 10 N–H and O–H groups in total. The summed E-state index contributed by atoms with van der Waals surface area (Å²) in [5.74, 6) is -2.43. The molecule has 0 aromatic carbocycles. The van der Waals surface area contributed by atoms with Gasteiger partial charge >= 0.3 is 0 Å². The number of allylic oxidation sites excluding steroid dienone is 4. The van der Waals surface area contributed by atoms with Crippen LogP contribution in [0.5, 0.6) is 0 Å². The maximum absolute atomic E-state index is 13.4. The summed E-state index contributed by atoms with van der Waals surface area (Å²) < 4.78 is 28.3. The van der Waals surface area contributed by atoms with Crippen LogP contribution in [-0.4, -0.2) is 169 Å². The summed E-state index contributed by atoms with van der Waals surface area (Å²) >= 11 is 16.7. The third-order valence-corrected chi connectivity index (χ3v) is 15.3. The Morgan fingerprint density at radius 3 is 1.18 bits per heavy atom. The molecule has 0 saturated heterocycles. The molecule has 0 aliphatic carbocycles. The second kappa shape index (κ2) is 77.1. The highest BCUT2D eigenvalue weighted by atomic mass is 35.5. The van der Waals surface area contributed by atoms with Gasteiger partial charge in [0.2, 0.25) is 42.4 Å². The van der Waals surface area contributed by atoms with Crippen molar-refractivity contribution < 1.29 is 80.9 Å². The number of carbonyl (C=O) groups is 12. The molecule has 0 rings (SSSR count). The summed E-state index contributed by atoms with van der Waals surface area (Å²) in [6.45, 7) is 40.7. The summed E-state index contributed by atoms with van der Waals surface area (Å²) in [4.78, 5) is 134. The number of ether oxygens (including phenoxy) is 4. The first-order chi connectivity index (χ1) is 46.1. The SMILES string of the molecule is C.C.C=CC(=O)CCCOC(CCCl)OCCCC(=O)C=C.C=CC(=O)CCCO[Si](C)(C)C.C=CC(N)=O.C=CC=O.CC(C)CC(CC(CC(NC=O)C(C)C)C(=O)NCCOC(CCCl)OCCNC(=O)C(CC(CC(C)C)C(N)=O)CC(C(N)=O)C(C)C)NC=O.Cl.O=CCCCl. The third-order valence-electron chi connectivity index (χ3n) is 13.6. The fraction of sp³-hybridized carbons (Fsp3) is 0.694. The zero-order chi connectivity index (χ0) is 76.5. The molecular formula is C72H133Cl4N7O17Si. The number of rotatable bonds is 56. The molecule has 7 amide bonds. The number of ketones is 3. The van der Waals surface area contributed by atoms with E-state index in [2.05, 4.69) is 79.5 Å². The van der Waals surface area contributed by atoms with E-state index in [-0.39, 0.29) is 138 Å². The predicted molar refractivity (Wildman–Crippen MR) is 414 cm³/mol. The van der Waals surface area contributed by atoms with Crippen molar-refractivity contribution in [3.63, 3.8) is 0 Å². The minimum absolute atomic E-state index is 0. The zero-order valence-electron chi connectivity index (χ0n) is 61.1. The number of primary amides is 3. The van der Waals surface area contributed by atoms with E-state index in [1.807, 2.05) is 55.4 Å². The van der Waals surface area contributed by atoms with Crippen molar-refractivity contribution in [3.05, 3.63) is 63.3 Å². The average molecular weight is 1540 g/mol. The first-order valence-electron chi connectivity index (χ1n) is 33.3. The highest BCUT2D eigenvalue weighted by Gasteiger charge is 2.33. The molecule has 0 aliphatic rings. The van der Waals surface area contributed by atoms with Crippen LogP contribution in [0.2, 0.25) is 19.6 Å². The molecule has 0 spiro atoms. The number of hydrogen-bond donors (Lipinski definition) is 7. The van der Waals surface area contributed by atoms with Crippen LogP contribution in [0.3, 0.4) is 0 Å². The van der Waals surface area contributed by atoms with Gasteiger partial charge in [-0.2, -0.15) is 0 Å². The summed E-state index contributed by atoms with van der Waals surface area (Å²) in [5.41, 5.74) is 15.9. The zero-order valence-corrected chi connectivity index (χ0v) is 65.1. The smallest absolute Gasteiger partial charge is 0.240 e. The van der Waals surface area contributed by atoms with Gasteiger partial charge < -0.3 is 66.6 Å². The normalized spacial score (nSPS) is 12.4. The van der Waals surface area contributed by atoms with Gasteiger partial charge in [0.25, 0.3) is 0 Å². The van der Waals surface area contributed by atoms with E-state index in [0.29, 0.717) is 134 Å². The minimum Gasteiger partial charge on any atom is -0.418 e. The number of hydrogen-bond acceptors (Lipinski definition) is 17. The molecule has 101 heavy (non-hydrogen) atoms. The maximum atomic E-state index is 13.4. The molecule has 7 atom stereocenters. The molecule has 0 aliphatic heterocycles. The molecule has 0 saturated carbocycles. The van der Waals surface area contributed by atoms with Gasteiger partial charge in [0, 0.05) is 112 Å². The van der Waals surface area contributed by atoms with E-state index < -0.39 is 56.0 Å². The second-order valence-corrected chi connectivity index (χ2v) is 30.5. The summed E-state index contributed by atoms with van der Waals surface area (Å²) in [6, 6.07) is -0.419. The van der Waals surface area contributed by atoms with Gasteiger partial charge in [0.15, 0.2) is 38.2 Å². The molecule has 0 aromatic rings. The van der Waals surface area contributed by atoms with E-state index >= 15 is 0 Å². The van der Waals surface area contributed by atoms with Crippen LogP contribution in [0, 0.1) is 47.3 Å². The van der Waals surface area contributed by atoms with Gasteiger partial charge in [-0.3, -0.25) is 52.7 Å². The lowest BCUT2D eigenvalue weighted by Crippen LogP contribution is -2.43. The Morgan fingerprint density at radius 1 is 0.495 bits per heavy atom. The van der Waals surface area contributed by atoms with Gasteiger partial charge in [-0.1, -0.05) is 103 Å². The molecule has 0 bridgehead atoms. The van der Waals surface area contributed by atoms with Crippen LogP contribution >= 0.6 is 47.2 Å². The van der Waals surface area contributed by atoms with Gasteiger partial charge in [-0.25, -0.2) is 0 Å². The van der Waals surface area contributed by atoms with Crippen molar-refractivity contribution in [2.24, 2.45) is 64.5 Å². The standard InChI is InChI=1S/C37H69ClN6O8.C15H23ClO4.C9H18O2Si.C3H5ClO.C3H5NO.C3H4O.2CH4.ClH/c1-23(2)15-27(34(39)47)17-28(19-31(25(5)6)35(40)48)36(49)41-11-13-51-33(9-10-38)52-14-12-42-37(50)29(20-32(26(7)8)44-22-46)18-30(43-21-45)16-24(3)4;1-3-13(17)7-5-11-19-15(9-10-16)20-12-6-8-14(18)4-2;1-5-9(10)7-6-8-11-12(2,3)4;4-2-1-3-5;1-2-3(4)5;1-2-3-4;;;/h21-33H,9-20H2,1-8H3,(H2,39,47)(H2,40,48)(H,41,49)(H,42,50)(H,43,45)(H,44,46);3-4,15H,1-2,5-12H2;5H,1,6-8H2,2-4H3;3H,1-2H2;2H,1H2,(H2,4,5);2-3H,1H2;2*1H4;1H. The number of halogens is 4. The van der Waals surface area contributed by atoms with Crippen LogP contribution in [0.15, 0.2) is 63.3 Å². The van der Waals surface area contributed by atoms with Crippen LogP contribution < -0.4 is 38.5 Å². The Bertz CT molecular complexity index is 2220. The molecule has 0 aromatic heterocycles. The molecule has 24 nitrogen and oxygen atoms in total. The highest BCUT2D eigenvalue weighted by molar-refractivity contribution is 6.69. The molecule has 590 valence electrons. The lowest BCUT2D eigenvalue weighted by Gasteiger charge is -2.29.